The van der Waals surface area contributed by atoms with Crippen molar-refractivity contribution < 1.29 is 9.47 Å². The summed E-state index contributed by atoms with van der Waals surface area (Å²) in [7, 11) is 0. The molecule has 0 aromatic carbocycles. The average Bonchev–Trinajstić information content (AvgIpc) is 2.67. The lowest BCUT2D eigenvalue weighted by Gasteiger charge is -2.56. The quantitative estimate of drug-likeness (QED) is 0.428. The van der Waals surface area contributed by atoms with Crippen molar-refractivity contribution in [3.8, 4) is 0 Å². The molecule has 28 heavy (non-hydrogen) atoms. The second-order valence-electron chi connectivity index (χ2n) is 11.3. The molecule has 2 heteroatoms. The largest absolute Gasteiger partial charge is 0.382 e. The highest BCUT2D eigenvalue weighted by atomic mass is 16.5. The van der Waals surface area contributed by atoms with Gasteiger partial charge in [-0.1, -0.05) is 32.6 Å². The van der Waals surface area contributed by atoms with Crippen LogP contribution in [0.4, 0.5) is 0 Å². The molecule has 4 fully saturated rings. The van der Waals surface area contributed by atoms with Crippen molar-refractivity contribution in [3.63, 3.8) is 0 Å². The molecular formula is C26H46O2. The van der Waals surface area contributed by atoms with Crippen molar-refractivity contribution in [2.45, 2.75) is 91.4 Å². The zero-order valence-corrected chi connectivity index (χ0v) is 19.0. The Morgan fingerprint density at radius 2 is 1.57 bits per heavy atom. The highest BCUT2D eigenvalue weighted by molar-refractivity contribution is 5.01. The minimum absolute atomic E-state index is 0.450. The predicted octanol–water partition coefficient (Wildman–Crippen LogP) is 6.72. The molecule has 0 saturated heterocycles. The zero-order valence-electron chi connectivity index (χ0n) is 19.0. The normalized spacial score (nSPS) is 45.8. The van der Waals surface area contributed by atoms with Crippen molar-refractivity contribution in [1.82, 2.24) is 0 Å². The van der Waals surface area contributed by atoms with Crippen LogP contribution >= 0.6 is 0 Å². The topological polar surface area (TPSA) is 18.5 Å². The van der Waals surface area contributed by atoms with Crippen LogP contribution in [0.3, 0.4) is 0 Å². The predicted molar refractivity (Wildman–Crippen MR) is 116 cm³/mol. The SMILES string of the molecule is CCOCCC1CC2CCC(C3C4CCCC3CC(C)(COCC)C4)C(C1)C2. The third-order valence-electron chi connectivity index (χ3n) is 9.22. The van der Waals surface area contributed by atoms with Crippen molar-refractivity contribution >= 4 is 0 Å². The first kappa shape index (κ1) is 21.2. The van der Waals surface area contributed by atoms with E-state index in [1.807, 2.05) is 0 Å². The van der Waals surface area contributed by atoms with Crippen LogP contribution in [0.2, 0.25) is 0 Å². The third-order valence-corrected chi connectivity index (χ3v) is 9.22. The minimum atomic E-state index is 0.450. The maximum atomic E-state index is 5.94. The molecule has 0 radical (unpaired) electrons. The van der Waals surface area contributed by atoms with E-state index in [9.17, 15) is 0 Å². The van der Waals surface area contributed by atoms with Crippen molar-refractivity contribution in [2.75, 3.05) is 26.4 Å². The Kier molecular flexibility index (Phi) is 7.09. The fourth-order valence-corrected chi connectivity index (χ4v) is 8.41. The molecule has 162 valence electrons. The van der Waals surface area contributed by atoms with Gasteiger partial charge < -0.3 is 9.47 Å². The first-order valence-electron chi connectivity index (χ1n) is 12.8. The van der Waals surface area contributed by atoms with Gasteiger partial charge in [-0.15, -0.1) is 0 Å². The van der Waals surface area contributed by atoms with Gasteiger partial charge in [-0.25, -0.2) is 0 Å². The summed E-state index contributed by atoms with van der Waals surface area (Å²) in [5.74, 6) is 7.08. The van der Waals surface area contributed by atoms with Gasteiger partial charge in [0.05, 0.1) is 6.61 Å². The average molecular weight is 391 g/mol. The van der Waals surface area contributed by atoms with E-state index in [1.165, 1.54) is 57.8 Å². The third kappa shape index (κ3) is 4.64. The van der Waals surface area contributed by atoms with Gasteiger partial charge in [-0.3, -0.25) is 0 Å². The maximum absolute atomic E-state index is 5.94. The van der Waals surface area contributed by atoms with Crippen LogP contribution < -0.4 is 0 Å². The Hall–Kier alpha value is -0.0800. The van der Waals surface area contributed by atoms with Gasteiger partial charge in [-0.2, -0.15) is 0 Å². The summed E-state index contributed by atoms with van der Waals surface area (Å²) in [5, 5.41) is 0. The molecule has 0 heterocycles. The summed E-state index contributed by atoms with van der Waals surface area (Å²) in [6.07, 6.45) is 16.3. The molecule has 4 saturated carbocycles. The maximum Gasteiger partial charge on any atom is 0.0519 e. The van der Waals surface area contributed by atoms with E-state index >= 15 is 0 Å². The highest BCUT2D eigenvalue weighted by Gasteiger charge is 2.51. The summed E-state index contributed by atoms with van der Waals surface area (Å²) in [5.41, 5.74) is 0.450. The number of ether oxygens (including phenoxy) is 2. The molecule has 6 unspecified atom stereocenters. The van der Waals surface area contributed by atoms with Crippen LogP contribution in [0.1, 0.15) is 91.4 Å². The molecular weight excluding hydrogens is 344 g/mol. The van der Waals surface area contributed by atoms with Gasteiger partial charge >= 0.3 is 0 Å². The Balaban J connectivity index is 1.42. The van der Waals surface area contributed by atoms with Crippen LogP contribution in [-0.2, 0) is 9.47 Å². The summed E-state index contributed by atoms with van der Waals surface area (Å²) in [6.45, 7) is 10.6. The number of hydrogen-bond acceptors (Lipinski definition) is 2. The van der Waals surface area contributed by atoms with Crippen molar-refractivity contribution in [3.05, 3.63) is 0 Å². The molecule has 0 N–H and O–H groups in total. The lowest BCUT2D eigenvalue weighted by molar-refractivity contribution is -0.0881. The molecule has 0 aromatic heterocycles. The molecule has 0 aromatic rings. The Morgan fingerprint density at radius 3 is 2.29 bits per heavy atom. The van der Waals surface area contributed by atoms with Gasteiger partial charge in [0.25, 0.3) is 0 Å². The van der Waals surface area contributed by atoms with E-state index in [-0.39, 0.29) is 0 Å². The van der Waals surface area contributed by atoms with E-state index in [4.69, 9.17) is 9.47 Å². The van der Waals surface area contributed by atoms with Crippen LogP contribution in [0.25, 0.3) is 0 Å². The van der Waals surface area contributed by atoms with Gasteiger partial charge in [0, 0.05) is 19.8 Å². The van der Waals surface area contributed by atoms with E-state index in [1.54, 1.807) is 12.8 Å². The first-order chi connectivity index (χ1) is 13.6. The number of fused-ring (bicyclic) bond motifs is 4. The molecule has 4 aliphatic rings. The standard InChI is InChI=1S/C26H46O2/c1-4-27-12-11-20-13-19-9-10-24(23(14-19)15-20)25-21-7-6-8-22(25)17-26(3,16-21)18-28-5-2/h19-25H,4-18H2,1-3H3. The molecule has 0 spiro atoms. The smallest absolute Gasteiger partial charge is 0.0519 e. The second kappa shape index (κ2) is 9.38. The Bertz CT molecular complexity index is 475. The Labute approximate surface area is 174 Å². The number of hydrogen-bond donors (Lipinski definition) is 0. The minimum Gasteiger partial charge on any atom is -0.382 e. The van der Waals surface area contributed by atoms with Gasteiger partial charge in [0.1, 0.15) is 0 Å². The monoisotopic (exact) mass is 390 g/mol. The fraction of sp³-hybridized carbons (Fsp3) is 1.00. The fourth-order valence-electron chi connectivity index (χ4n) is 8.41. The van der Waals surface area contributed by atoms with E-state index in [0.29, 0.717) is 5.41 Å². The Morgan fingerprint density at radius 1 is 0.821 bits per heavy atom. The second-order valence-corrected chi connectivity index (χ2v) is 11.3. The lowest BCUT2D eigenvalue weighted by Crippen LogP contribution is -2.49. The van der Waals surface area contributed by atoms with E-state index < -0.39 is 0 Å². The van der Waals surface area contributed by atoms with Crippen molar-refractivity contribution in [2.24, 2.45) is 46.8 Å². The molecule has 0 amide bonds. The van der Waals surface area contributed by atoms with Gasteiger partial charge in [0.15, 0.2) is 0 Å². The molecule has 2 nitrogen and oxygen atoms in total. The summed E-state index contributed by atoms with van der Waals surface area (Å²) in [4.78, 5) is 0. The zero-order chi connectivity index (χ0) is 19.6. The molecule has 4 bridgehead atoms. The van der Waals surface area contributed by atoms with Crippen LogP contribution in [0.15, 0.2) is 0 Å². The molecule has 0 aliphatic heterocycles. The highest BCUT2D eigenvalue weighted by Crippen LogP contribution is 2.59. The summed E-state index contributed by atoms with van der Waals surface area (Å²) >= 11 is 0. The van der Waals surface area contributed by atoms with Gasteiger partial charge in [-0.05, 0) is 106 Å². The van der Waals surface area contributed by atoms with Crippen LogP contribution in [-0.4, -0.2) is 26.4 Å². The van der Waals surface area contributed by atoms with Gasteiger partial charge in [0.2, 0.25) is 0 Å². The lowest BCUT2D eigenvalue weighted by atomic mass is 9.49. The first-order valence-corrected chi connectivity index (χ1v) is 12.8. The summed E-state index contributed by atoms with van der Waals surface area (Å²) < 4.78 is 11.6. The summed E-state index contributed by atoms with van der Waals surface area (Å²) in [6, 6.07) is 0. The molecule has 4 rings (SSSR count). The van der Waals surface area contributed by atoms with Crippen LogP contribution in [0.5, 0.6) is 0 Å². The molecule has 4 aliphatic carbocycles. The van der Waals surface area contributed by atoms with Crippen molar-refractivity contribution in [1.29, 1.82) is 0 Å². The number of rotatable bonds is 8. The van der Waals surface area contributed by atoms with E-state index in [0.717, 1.165) is 67.9 Å². The van der Waals surface area contributed by atoms with Crippen LogP contribution in [0, 0.1) is 46.8 Å². The molecule has 6 atom stereocenters. The van der Waals surface area contributed by atoms with E-state index in [2.05, 4.69) is 20.8 Å².